The van der Waals surface area contributed by atoms with Crippen LogP contribution in [0.1, 0.15) is 52.0 Å². The maximum absolute atomic E-state index is 12.6. The molecule has 0 aromatic heterocycles. The molecule has 1 heterocycles. The number of nitrogens with zero attached hydrogens (tertiary/aromatic N) is 1. The van der Waals surface area contributed by atoms with Crippen LogP contribution >= 0.6 is 0 Å². The van der Waals surface area contributed by atoms with E-state index in [0.717, 1.165) is 12.0 Å². The zero-order valence-corrected chi connectivity index (χ0v) is 15.6. The van der Waals surface area contributed by atoms with Crippen LogP contribution in [0.4, 0.5) is 11.4 Å². The number of ether oxygens (including phenoxy) is 1. The molecule has 7 heteroatoms. The first-order chi connectivity index (χ1) is 13.4. The highest BCUT2D eigenvalue weighted by Crippen LogP contribution is 2.36. The SMILES string of the molecule is CCCC(=Nc1ccc(C(=O)O)cc1)C1C(=O)Nc2cc(C(=O)OC)ccc21. The van der Waals surface area contributed by atoms with Gasteiger partial charge in [0, 0.05) is 11.4 Å². The van der Waals surface area contributed by atoms with E-state index in [2.05, 4.69) is 10.3 Å². The third-order valence-electron chi connectivity index (χ3n) is 4.53. The fourth-order valence-corrected chi connectivity index (χ4v) is 3.20. The van der Waals surface area contributed by atoms with Gasteiger partial charge in [-0.2, -0.15) is 0 Å². The smallest absolute Gasteiger partial charge is 0.337 e. The molecule has 0 bridgehead atoms. The monoisotopic (exact) mass is 380 g/mol. The number of fused-ring (bicyclic) bond motifs is 1. The van der Waals surface area contributed by atoms with Crippen molar-refractivity contribution in [2.24, 2.45) is 4.99 Å². The largest absolute Gasteiger partial charge is 0.478 e. The molecule has 1 amide bonds. The van der Waals surface area contributed by atoms with Crippen LogP contribution in [0, 0.1) is 0 Å². The van der Waals surface area contributed by atoms with E-state index in [1.54, 1.807) is 30.3 Å². The van der Waals surface area contributed by atoms with Gasteiger partial charge in [-0.15, -0.1) is 0 Å². The van der Waals surface area contributed by atoms with Gasteiger partial charge < -0.3 is 15.2 Å². The number of carboxylic acid groups (broad SMARTS) is 1. The van der Waals surface area contributed by atoms with E-state index in [1.165, 1.54) is 19.2 Å². The van der Waals surface area contributed by atoms with Gasteiger partial charge >= 0.3 is 11.9 Å². The van der Waals surface area contributed by atoms with Gasteiger partial charge in [0.05, 0.1) is 23.9 Å². The molecular formula is C21H20N2O5. The summed E-state index contributed by atoms with van der Waals surface area (Å²) in [5.74, 6) is -2.23. The van der Waals surface area contributed by atoms with Crippen LogP contribution in [0.3, 0.4) is 0 Å². The van der Waals surface area contributed by atoms with Crippen LogP contribution < -0.4 is 5.32 Å². The normalized spacial score (nSPS) is 15.7. The van der Waals surface area contributed by atoms with Crippen LogP contribution in [0.5, 0.6) is 0 Å². The van der Waals surface area contributed by atoms with Crippen molar-refractivity contribution in [2.75, 3.05) is 12.4 Å². The van der Waals surface area contributed by atoms with Gasteiger partial charge in [-0.25, -0.2) is 9.59 Å². The predicted octanol–water partition coefficient (Wildman–Crippen LogP) is 3.78. The number of aromatic carboxylic acids is 1. The molecule has 2 N–H and O–H groups in total. The number of nitrogens with one attached hydrogen (secondary N) is 1. The van der Waals surface area contributed by atoms with Crippen LogP contribution in [0.2, 0.25) is 0 Å². The summed E-state index contributed by atoms with van der Waals surface area (Å²) < 4.78 is 4.72. The van der Waals surface area contributed by atoms with Crippen molar-refractivity contribution in [3.63, 3.8) is 0 Å². The lowest BCUT2D eigenvalue weighted by atomic mass is 9.92. The van der Waals surface area contributed by atoms with E-state index in [1.807, 2.05) is 6.92 Å². The number of anilines is 1. The summed E-state index contributed by atoms with van der Waals surface area (Å²) in [6, 6.07) is 11.2. The number of benzene rings is 2. The molecule has 1 atom stereocenters. The highest BCUT2D eigenvalue weighted by Gasteiger charge is 2.34. The average Bonchev–Trinajstić information content (AvgIpc) is 3.02. The first-order valence-corrected chi connectivity index (χ1v) is 8.88. The summed E-state index contributed by atoms with van der Waals surface area (Å²) in [6.07, 6.45) is 1.41. The Morgan fingerprint density at radius 3 is 2.43 bits per heavy atom. The van der Waals surface area contributed by atoms with E-state index in [-0.39, 0.29) is 11.5 Å². The van der Waals surface area contributed by atoms with Crippen LogP contribution in [0.25, 0.3) is 0 Å². The summed E-state index contributed by atoms with van der Waals surface area (Å²) in [7, 11) is 1.30. The Hall–Kier alpha value is -3.48. The van der Waals surface area contributed by atoms with Gasteiger partial charge in [-0.1, -0.05) is 19.4 Å². The zero-order valence-electron chi connectivity index (χ0n) is 15.6. The van der Waals surface area contributed by atoms with Crippen LogP contribution in [0.15, 0.2) is 47.5 Å². The number of carbonyl (C=O) groups excluding carboxylic acids is 2. The van der Waals surface area contributed by atoms with Gasteiger partial charge in [0.2, 0.25) is 5.91 Å². The summed E-state index contributed by atoms with van der Waals surface area (Å²) in [6.45, 7) is 2.00. The van der Waals surface area contributed by atoms with Crippen molar-refractivity contribution in [3.05, 3.63) is 59.2 Å². The Morgan fingerprint density at radius 1 is 1.14 bits per heavy atom. The van der Waals surface area contributed by atoms with Crippen LogP contribution in [-0.4, -0.2) is 35.8 Å². The molecule has 0 aliphatic carbocycles. The number of hydrogen-bond acceptors (Lipinski definition) is 5. The molecule has 2 aromatic carbocycles. The zero-order chi connectivity index (χ0) is 20.3. The Morgan fingerprint density at radius 2 is 1.82 bits per heavy atom. The van der Waals surface area contributed by atoms with Gasteiger partial charge in [0.25, 0.3) is 0 Å². The van der Waals surface area contributed by atoms with E-state index < -0.39 is 17.9 Å². The highest BCUT2D eigenvalue weighted by molar-refractivity contribution is 6.19. The predicted molar refractivity (Wildman–Crippen MR) is 105 cm³/mol. The number of carboxylic acids is 1. The maximum Gasteiger partial charge on any atom is 0.337 e. The molecular weight excluding hydrogens is 360 g/mol. The summed E-state index contributed by atoms with van der Waals surface area (Å²) in [5, 5.41) is 11.8. The molecule has 0 radical (unpaired) electrons. The van der Waals surface area contributed by atoms with Crippen molar-refractivity contribution in [1.82, 2.24) is 0 Å². The van der Waals surface area contributed by atoms with Gasteiger partial charge in [0.1, 0.15) is 5.92 Å². The average molecular weight is 380 g/mol. The molecule has 7 nitrogen and oxygen atoms in total. The fourth-order valence-electron chi connectivity index (χ4n) is 3.20. The molecule has 2 aromatic rings. The lowest BCUT2D eigenvalue weighted by Gasteiger charge is -2.13. The van der Waals surface area contributed by atoms with E-state index >= 15 is 0 Å². The second kappa shape index (κ2) is 8.04. The molecule has 1 aliphatic heterocycles. The van der Waals surface area contributed by atoms with Gasteiger partial charge in [0.15, 0.2) is 0 Å². The number of methoxy groups -OCH3 is 1. The number of carbonyl (C=O) groups is 3. The molecule has 144 valence electrons. The minimum absolute atomic E-state index is 0.176. The molecule has 0 saturated heterocycles. The minimum Gasteiger partial charge on any atom is -0.478 e. The number of aliphatic imine (C=N–C) groups is 1. The molecule has 1 aliphatic rings. The third-order valence-corrected chi connectivity index (χ3v) is 4.53. The maximum atomic E-state index is 12.6. The third kappa shape index (κ3) is 3.78. The molecule has 0 fully saturated rings. The Kier molecular flexibility index (Phi) is 5.54. The molecule has 0 saturated carbocycles. The van der Waals surface area contributed by atoms with E-state index in [4.69, 9.17) is 9.84 Å². The lowest BCUT2D eigenvalue weighted by Crippen LogP contribution is -2.20. The standard InChI is InChI=1S/C21H20N2O5/c1-3-4-16(22-14-8-5-12(6-9-14)20(25)26)18-15-10-7-13(21(27)28-2)11-17(15)23-19(18)24/h5-11,18H,3-4H2,1-2H3,(H,23,24)(H,25,26). The van der Waals surface area contributed by atoms with Crippen molar-refractivity contribution in [3.8, 4) is 0 Å². The Bertz CT molecular complexity index is 963. The fraction of sp³-hybridized carbons (Fsp3) is 0.238. The number of esters is 1. The summed E-state index contributed by atoms with van der Waals surface area (Å²) in [4.78, 5) is 40.0. The van der Waals surface area contributed by atoms with Crippen molar-refractivity contribution < 1.29 is 24.2 Å². The minimum atomic E-state index is -1.00. The first-order valence-electron chi connectivity index (χ1n) is 8.88. The molecule has 28 heavy (non-hydrogen) atoms. The van der Waals surface area contributed by atoms with Gasteiger partial charge in [-0.05, 0) is 48.4 Å². The summed E-state index contributed by atoms with van der Waals surface area (Å²) in [5.41, 5.74) is 3.14. The molecule has 1 unspecified atom stereocenters. The molecule has 0 spiro atoms. The second-order valence-electron chi connectivity index (χ2n) is 6.42. The lowest BCUT2D eigenvalue weighted by molar-refractivity contribution is -0.115. The number of amides is 1. The van der Waals surface area contributed by atoms with E-state index in [0.29, 0.717) is 29.1 Å². The number of rotatable bonds is 6. The van der Waals surface area contributed by atoms with E-state index in [9.17, 15) is 14.4 Å². The number of hydrogen-bond donors (Lipinski definition) is 2. The quantitative estimate of drug-likeness (QED) is 0.586. The first kappa shape index (κ1) is 19.3. The topological polar surface area (TPSA) is 105 Å². The van der Waals surface area contributed by atoms with Crippen LogP contribution in [-0.2, 0) is 9.53 Å². The van der Waals surface area contributed by atoms with Crippen molar-refractivity contribution in [2.45, 2.75) is 25.7 Å². The van der Waals surface area contributed by atoms with Crippen molar-refractivity contribution >= 4 is 34.9 Å². The Labute approximate surface area is 162 Å². The molecule has 3 rings (SSSR count). The second-order valence-corrected chi connectivity index (χ2v) is 6.42. The highest BCUT2D eigenvalue weighted by atomic mass is 16.5. The Balaban J connectivity index is 1.98. The van der Waals surface area contributed by atoms with Gasteiger partial charge in [-0.3, -0.25) is 9.79 Å². The summed E-state index contributed by atoms with van der Waals surface area (Å²) >= 11 is 0. The van der Waals surface area contributed by atoms with Crippen molar-refractivity contribution in [1.29, 1.82) is 0 Å².